The van der Waals surface area contributed by atoms with Crippen molar-refractivity contribution >= 4 is 17.2 Å². The summed E-state index contributed by atoms with van der Waals surface area (Å²) in [6, 6.07) is 10.5. The van der Waals surface area contributed by atoms with Crippen molar-refractivity contribution in [3.8, 4) is 34.6 Å². The molecule has 0 fully saturated rings. The van der Waals surface area contributed by atoms with E-state index in [-0.39, 0.29) is 5.82 Å². The number of halogens is 1. The Labute approximate surface area is 177 Å². The predicted molar refractivity (Wildman–Crippen MR) is 114 cm³/mol. The highest BCUT2D eigenvalue weighted by Gasteiger charge is 2.21. The van der Waals surface area contributed by atoms with Crippen molar-refractivity contribution in [2.75, 3.05) is 26.6 Å². The van der Waals surface area contributed by atoms with Gasteiger partial charge in [-0.15, -0.1) is 0 Å². The van der Waals surface area contributed by atoms with Gasteiger partial charge >= 0.3 is 0 Å². The second-order valence-corrected chi connectivity index (χ2v) is 6.78. The van der Waals surface area contributed by atoms with Crippen molar-refractivity contribution in [3.05, 3.63) is 53.5 Å². The van der Waals surface area contributed by atoms with Gasteiger partial charge in [0.2, 0.25) is 5.75 Å². The van der Waals surface area contributed by atoms with E-state index in [0.717, 1.165) is 0 Å². The van der Waals surface area contributed by atoms with E-state index in [2.05, 4.69) is 21.5 Å². The number of hydrogen-bond donors (Lipinski definition) is 2. The first-order valence-electron chi connectivity index (χ1n) is 9.34. The van der Waals surface area contributed by atoms with Crippen LogP contribution in [0.4, 0.5) is 15.9 Å². The van der Waals surface area contributed by atoms with Crippen LogP contribution >= 0.6 is 0 Å². The molecule has 0 spiro atoms. The number of aromatic nitrogens is 3. The van der Waals surface area contributed by atoms with E-state index in [0.29, 0.717) is 56.8 Å². The number of fused-ring (bicyclic) bond motifs is 1. The molecule has 0 saturated heterocycles. The van der Waals surface area contributed by atoms with Crippen molar-refractivity contribution in [2.24, 2.45) is 0 Å². The average molecular weight is 421 g/mol. The third kappa shape index (κ3) is 3.38. The lowest BCUT2D eigenvalue weighted by Crippen LogP contribution is -2.00. The normalized spacial score (nSPS) is 10.7. The minimum atomic E-state index is -0.329. The Hall–Kier alpha value is -4.19. The summed E-state index contributed by atoms with van der Waals surface area (Å²) in [5.41, 5.74) is 3.25. The van der Waals surface area contributed by atoms with Gasteiger partial charge in [-0.2, -0.15) is 14.9 Å². The SMILES string of the molecule is COc1cc(-c2[nH]c3c(C#N)cnn3c2Nc2ccc(C)c(F)c2)cc(OC)c1OC. The van der Waals surface area contributed by atoms with Crippen molar-refractivity contribution < 1.29 is 18.6 Å². The number of aromatic amines is 1. The molecule has 0 aliphatic carbocycles. The Morgan fingerprint density at radius 3 is 2.39 bits per heavy atom. The Morgan fingerprint density at radius 2 is 1.81 bits per heavy atom. The lowest BCUT2D eigenvalue weighted by atomic mass is 10.1. The lowest BCUT2D eigenvalue weighted by molar-refractivity contribution is 0.324. The van der Waals surface area contributed by atoms with Crippen LogP contribution in [-0.2, 0) is 0 Å². The van der Waals surface area contributed by atoms with E-state index in [1.54, 1.807) is 35.7 Å². The fourth-order valence-corrected chi connectivity index (χ4v) is 3.36. The number of imidazole rings is 1. The van der Waals surface area contributed by atoms with Gasteiger partial charge in [-0.25, -0.2) is 4.39 Å². The maximum Gasteiger partial charge on any atom is 0.203 e. The molecule has 31 heavy (non-hydrogen) atoms. The number of benzene rings is 2. The number of methoxy groups -OCH3 is 3. The third-order valence-corrected chi connectivity index (χ3v) is 4.97. The van der Waals surface area contributed by atoms with Gasteiger partial charge in [-0.05, 0) is 36.8 Å². The van der Waals surface area contributed by atoms with Crippen molar-refractivity contribution in [1.29, 1.82) is 5.26 Å². The number of nitrogens with zero attached hydrogens (tertiary/aromatic N) is 3. The molecule has 9 heteroatoms. The summed E-state index contributed by atoms with van der Waals surface area (Å²) in [5, 5.41) is 17.0. The zero-order valence-electron chi connectivity index (χ0n) is 17.4. The summed E-state index contributed by atoms with van der Waals surface area (Å²) in [5.74, 6) is 1.59. The molecule has 0 atom stereocenters. The molecule has 8 nitrogen and oxygen atoms in total. The van der Waals surface area contributed by atoms with E-state index < -0.39 is 0 Å². The van der Waals surface area contributed by atoms with Crippen molar-refractivity contribution in [2.45, 2.75) is 6.92 Å². The van der Waals surface area contributed by atoms with E-state index in [1.807, 2.05) is 0 Å². The second kappa shape index (κ2) is 7.91. The second-order valence-electron chi connectivity index (χ2n) is 6.78. The molecule has 0 unspecified atom stereocenters. The fraction of sp³-hybridized carbons (Fsp3) is 0.182. The van der Waals surface area contributed by atoms with Gasteiger partial charge in [0, 0.05) is 11.3 Å². The average Bonchev–Trinajstić information content (AvgIpc) is 3.34. The summed E-state index contributed by atoms with van der Waals surface area (Å²) in [4.78, 5) is 3.24. The van der Waals surface area contributed by atoms with Crippen LogP contribution in [0.5, 0.6) is 17.2 Å². The number of H-pyrrole nitrogens is 1. The number of hydrogen-bond acceptors (Lipinski definition) is 6. The van der Waals surface area contributed by atoms with Crippen LogP contribution in [0.25, 0.3) is 16.9 Å². The van der Waals surface area contributed by atoms with E-state index in [4.69, 9.17) is 14.2 Å². The Kier molecular flexibility index (Phi) is 5.13. The van der Waals surface area contributed by atoms with Gasteiger partial charge in [0.05, 0.1) is 33.2 Å². The summed E-state index contributed by atoms with van der Waals surface area (Å²) in [7, 11) is 4.59. The molecule has 0 aliphatic heterocycles. The number of rotatable bonds is 6. The Bertz CT molecular complexity index is 1290. The lowest BCUT2D eigenvalue weighted by Gasteiger charge is -2.15. The number of aryl methyl sites for hydroxylation is 1. The monoisotopic (exact) mass is 421 g/mol. The van der Waals surface area contributed by atoms with Crippen LogP contribution < -0.4 is 19.5 Å². The molecular weight excluding hydrogens is 401 g/mol. The summed E-state index contributed by atoms with van der Waals surface area (Å²) >= 11 is 0. The number of anilines is 2. The summed E-state index contributed by atoms with van der Waals surface area (Å²) in [6.07, 6.45) is 1.46. The molecule has 2 N–H and O–H groups in total. The predicted octanol–water partition coefficient (Wildman–Crippen LogP) is 4.42. The van der Waals surface area contributed by atoms with E-state index in [9.17, 15) is 9.65 Å². The van der Waals surface area contributed by atoms with Gasteiger partial charge in [0.15, 0.2) is 23.0 Å². The van der Waals surface area contributed by atoms with Gasteiger partial charge in [-0.1, -0.05) is 6.07 Å². The van der Waals surface area contributed by atoms with E-state index >= 15 is 0 Å². The molecular formula is C22H20FN5O3. The Balaban J connectivity index is 1.94. The molecule has 2 heterocycles. The van der Waals surface area contributed by atoms with Gasteiger partial charge in [0.1, 0.15) is 17.4 Å². The quantitative estimate of drug-likeness (QED) is 0.478. The van der Waals surface area contributed by atoms with Crippen molar-refractivity contribution in [1.82, 2.24) is 14.6 Å². The largest absolute Gasteiger partial charge is 0.493 e. The van der Waals surface area contributed by atoms with Gasteiger partial charge < -0.3 is 24.5 Å². The van der Waals surface area contributed by atoms with Crippen LogP contribution in [0.15, 0.2) is 36.5 Å². The summed E-state index contributed by atoms with van der Waals surface area (Å²) in [6.45, 7) is 1.70. The zero-order chi connectivity index (χ0) is 22.1. The highest BCUT2D eigenvalue weighted by atomic mass is 19.1. The Morgan fingerprint density at radius 1 is 1.10 bits per heavy atom. The number of nitrogens with one attached hydrogen (secondary N) is 2. The fourth-order valence-electron chi connectivity index (χ4n) is 3.36. The standard InChI is InChI=1S/C22H20FN5O3/c1-12-5-6-15(9-16(12)23)26-22-19(27-21-14(10-24)11-25-28(21)22)13-7-17(29-2)20(31-4)18(8-13)30-3/h5-9,11,26-27H,1-4H3. The van der Waals surface area contributed by atoms with Crippen LogP contribution in [-0.4, -0.2) is 35.9 Å². The van der Waals surface area contributed by atoms with E-state index in [1.165, 1.54) is 33.6 Å². The third-order valence-electron chi connectivity index (χ3n) is 4.97. The molecule has 158 valence electrons. The topological polar surface area (TPSA) is 96.6 Å². The molecule has 0 amide bonds. The maximum absolute atomic E-state index is 14.1. The molecule has 0 radical (unpaired) electrons. The van der Waals surface area contributed by atoms with Gasteiger partial charge in [-0.3, -0.25) is 0 Å². The molecule has 4 rings (SSSR count). The minimum Gasteiger partial charge on any atom is -0.493 e. The van der Waals surface area contributed by atoms with Crippen molar-refractivity contribution in [3.63, 3.8) is 0 Å². The maximum atomic E-state index is 14.1. The van der Waals surface area contributed by atoms with Crippen LogP contribution in [0.3, 0.4) is 0 Å². The van der Waals surface area contributed by atoms with Gasteiger partial charge in [0.25, 0.3) is 0 Å². The van der Waals surface area contributed by atoms with Crippen LogP contribution in [0, 0.1) is 24.1 Å². The van der Waals surface area contributed by atoms with Crippen LogP contribution in [0.2, 0.25) is 0 Å². The molecule has 2 aromatic heterocycles. The number of nitriles is 1. The minimum absolute atomic E-state index is 0.329. The molecule has 0 aliphatic rings. The highest BCUT2D eigenvalue weighted by molar-refractivity contribution is 5.83. The first-order valence-corrected chi connectivity index (χ1v) is 9.34. The molecule has 2 aromatic carbocycles. The zero-order valence-corrected chi connectivity index (χ0v) is 17.4. The molecule has 4 aromatic rings. The molecule has 0 saturated carbocycles. The van der Waals surface area contributed by atoms with Crippen LogP contribution in [0.1, 0.15) is 11.1 Å². The first kappa shape index (κ1) is 20.1. The number of ether oxygens (including phenoxy) is 3. The summed E-state index contributed by atoms with van der Waals surface area (Å²) < 4.78 is 32.0. The smallest absolute Gasteiger partial charge is 0.203 e. The highest BCUT2D eigenvalue weighted by Crippen LogP contribution is 2.43. The first-order chi connectivity index (χ1) is 15.0. The molecule has 0 bridgehead atoms.